The Balaban J connectivity index is 1.10. The number of furan rings is 1. The Hall–Kier alpha value is -5.42. The number of benzene rings is 3. The van der Waals surface area contributed by atoms with Gasteiger partial charge >= 0.3 is 0 Å². The molecule has 7 rings (SSSR count). The fraction of sp³-hybridized carbons (Fsp3) is 0.125. The van der Waals surface area contributed by atoms with Crippen molar-refractivity contribution in [2.45, 2.75) is 13.0 Å². The number of carbonyl (C=O) groups excluding carboxylic acids is 1. The molecule has 11 heteroatoms. The molecule has 43 heavy (non-hydrogen) atoms. The summed E-state index contributed by atoms with van der Waals surface area (Å²) in [5, 5.41) is 9.52. The number of Topliss-reactive ketones (excluding diaryl/α,β-unsaturated/α-hetero) is 1. The quantitative estimate of drug-likeness (QED) is 0.157. The van der Waals surface area contributed by atoms with E-state index in [4.69, 9.17) is 23.2 Å². The summed E-state index contributed by atoms with van der Waals surface area (Å²) < 4.78 is 30.2. The van der Waals surface area contributed by atoms with Gasteiger partial charge in [0.1, 0.15) is 29.4 Å². The minimum absolute atomic E-state index is 0.0774. The molecule has 10 nitrogen and oxygen atoms in total. The van der Waals surface area contributed by atoms with E-state index in [-0.39, 0.29) is 18.8 Å². The van der Waals surface area contributed by atoms with E-state index in [0.717, 1.165) is 22.1 Å². The molecule has 0 N–H and O–H groups in total. The molecule has 0 saturated carbocycles. The maximum atomic E-state index is 13.2. The van der Waals surface area contributed by atoms with Crippen LogP contribution in [0.1, 0.15) is 21.5 Å². The second-order valence-corrected chi connectivity index (χ2v) is 10.6. The summed E-state index contributed by atoms with van der Waals surface area (Å²) in [7, 11) is 3.17. The molecular formula is C32H24N4O6S. The summed E-state index contributed by atoms with van der Waals surface area (Å²) in [5.41, 5.74) is 4.28. The summed E-state index contributed by atoms with van der Waals surface area (Å²) in [6, 6.07) is 22.8. The van der Waals surface area contributed by atoms with Gasteiger partial charge in [0.05, 0.1) is 37.6 Å². The van der Waals surface area contributed by atoms with Gasteiger partial charge in [-0.3, -0.25) is 4.79 Å². The maximum Gasteiger partial charge on any atom is 0.294 e. The number of imidazole rings is 1. The molecule has 4 heterocycles. The van der Waals surface area contributed by atoms with Gasteiger partial charge in [-0.2, -0.15) is 0 Å². The number of ketones is 1. The third-order valence-corrected chi connectivity index (χ3v) is 7.80. The Kier molecular flexibility index (Phi) is 6.84. The number of hydrogen-bond acceptors (Lipinski definition) is 10. The van der Waals surface area contributed by atoms with E-state index in [1.54, 1.807) is 24.9 Å². The van der Waals surface area contributed by atoms with Crippen molar-refractivity contribution in [2.75, 3.05) is 14.2 Å². The minimum Gasteiger partial charge on any atom is -0.496 e. The van der Waals surface area contributed by atoms with Crippen molar-refractivity contribution in [3.8, 4) is 39.5 Å². The van der Waals surface area contributed by atoms with Crippen molar-refractivity contribution in [1.29, 1.82) is 0 Å². The van der Waals surface area contributed by atoms with Gasteiger partial charge in [-0.1, -0.05) is 59.8 Å². The number of ether oxygens (including phenoxy) is 3. The third-order valence-electron chi connectivity index (χ3n) is 6.92. The second kappa shape index (κ2) is 11.1. The first-order chi connectivity index (χ1) is 21.1. The Bertz CT molecular complexity index is 2040. The van der Waals surface area contributed by atoms with Crippen molar-refractivity contribution in [3.05, 3.63) is 102 Å². The molecule has 0 bridgehead atoms. The summed E-state index contributed by atoms with van der Waals surface area (Å²) in [4.78, 5) is 18.5. The molecule has 214 valence electrons. The summed E-state index contributed by atoms with van der Waals surface area (Å²) >= 11 is 1.34. The standard InChI is InChI=1S/C32H24N4O6S/c1-38-22-13-27(23-15-29(41-28(23)14-22)25-17-36-31(34-25)43-32(35-36)39-2)40-18-20-8-6-7-19(11-20)12-26(37)24-16-33-42-30(24)21-9-4-3-5-10-21/h3-11,13-17H,12,18H2,1-2H3. The van der Waals surface area contributed by atoms with Crippen molar-refractivity contribution in [2.24, 2.45) is 0 Å². The van der Waals surface area contributed by atoms with E-state index in [0.29, 0.717) is 50.0 Å². The normalized spacial score (nSPS) is 11.3. The molecule has 4 aromatic heterocycles. The van der Waals surface area contributed by atoms with Gasteiger partial charge in [0.2, 0.25) is 4.96 Å². The summed E-state index contributed by atoms with van der Waals surface area (Å²) in [5.74, 6) is 2.17. The van der Waals surface area contributed by atoms with E-state index < -0.39 is 0 Å². The highest BCUT2D eigenvalue weighted by Crippen LogP contribution is 2.37. The van der Waals surface area contributed by atoms with E-state index >= 15 is 0 Å². The average Bonchev–Trinajstić information content (AvgIpc) is 3.83. The van der Waals surface area contributed by atoms with Crippen LogP contribution in [-0.2, 0) is 13.0 Å². The minimum atomic E-state index is -0.0774. The first-order valence-corrected chi connectivity index (χ1v) is 14.2. The maximum absolute atomic E-state index is 13.2. The first kappa shape index (κ1) is 26.5. The van der Waals surface area contributed by atoms with Crippen LogP contribution in [0.4, 0.5) is 0 Å². The van der Waals surface area contributed by atoms with Crippen LogP contribution in [-0.4, -0.2) is 39.8 Å². The molecule has 0 amide bonds. The smallest absolute Gasteiger partial charge is 0.294 e. The zero-order valence-corrected chi connectivity index (χ0v) is 24.0. The van der Waals surface area contributed by atoms with E-state index in [2.05, 4.69) is 15.2 Å². The zero-order chi connectivity index (χ0) is 29.3. The fourth-order valence-electron chi connectivity index (χ4n) is 4.84. The van der Waals surface area contributed by atoms with Gasteiger partial charge < -0.3 is 23.2 Å². The lowest BCUT2D eigenvalue weighted by atomic mass is 10.00. The molecule has 0 aliphatic rings. The first-order valence-electron chi connectivity index (χ1n) is 13.3. The highest BCUT2D eigenvalue weighted by Gasteiger charge is 2.19. The number of rotatable bonds is 10. The largest absolute Gasteiger partial charge is 0.496 e. The topological polar surface area (TPSA) is 114 Å². The second-order valence-electron chi connectivity index (χ2n) is 9.72. The highest BCUT2D eigenvalue weighted by molar-refractivity contribution is 7.18. The highest BCUT2D eigenvalue weighted by atomic mass is 32.1. The molecule has 0 aliphatic carbocycles. The van der Waals surface area contributed by atoms with Crippen LogP contribution in [0.25, 0.3) is 38.7 Å². The molecule has 0 fully saturated rings. The summed E-state index contributed by atoms with van der Waals surface area (Å²) in [6.45, 7) is 0.275. The molecule has 3 aromatic carbocycles. The monoisotopic (exact) mass is 592 g/mol. The molecule has 0 unspecified atom stereocenters. The molecule has 0 atom stereocenters. The van der Waals surface area contributed by atoms with Crippen LogP contribution < -0.4 is 14.2 Å². The van der Waals surface area contributed by atoms with Gasteiger partial charge in [-0.25, -0.2) is 9.50 Å². The Morgan fingerprint density at radius 1 is 0.977 bits per heavy atom. The predicted octanol–water partition coefficient (Wildman–Crippen LogP) is 6.88. The molecule has 0 aliphatic heterocycles. The van der Waals surface area contributed by atoms with Gasteiger partial charge in [0.25, 0.3) is 5.19 Å². The molecule has 0 spiro atoms. The number of fused-ring (bicyclic) bond motifs is 2. The molecule has 7 aromatic rings. The van der Waals surface area contributed by atoms with Crippen LogP contribution in [0.15, 0.2) is 94.1 Å². The van der Waals surface area contributed by atoms with Crippen molar-refractivity contribution in [3.63, 3.8) is 0 Å². The number of hydrogen-bond donors (Lipinski definition) is 0. The fourth-order valence-corrected chi connectivity index (χ4v) is 5.54. The van der Waals surface area contributed by atoms with Crippen molar-refractivity contribution >= 4 is 33.1 Å². The molecular weight excluding hydrogens is 568 g/mol. The number of nitrogens with zero attached hydrogens (tertiary/aromatic N) is 4. The lowest BCUT2D eigenvalue weighted by Crippen LogP contribution is -2.05. The van der Waals surface area contributed by atoms with Crippen LogP contribution in [0, 0.1) is 0 Å². The van der Waals surface area contributed by atoms with Crippen molar-refractivity contribution < 1.29 is 27.9 Å². The van der Waals surface area contributed by atoms with Gasteiger partial charge in [-0.05, 0) is 28.5 Å². The number of aromatic nitrogens is 4. The van der Waals surface area contributed by atoms with Crippen LogP contribution in [0.2, 0.25) is 0 Å². The van der Waals surface area contributed by atoms with Gasteiger partial charge in [-0.15, -0.1) is 5.10 Å². The lowest BCUT2D eigenvalue weighted by molar-refractivity contribution is 0.0993. The van der Waals surface area contributed by atoms with E-state index in [1.807, 2.05) is 72.8 Å². The van der Waals surface area contributed by atoms with Gasteiger partial charge in [0, 0.05) is 24.1 Å². The third kappa shape index (κ3) is 5.22. The Morgan fingerprint density at radius 2 is 1.84 bits per heavy atom. The Morgan fingerprint density at radius 3 is 2.65 bits per heavy atom. The van der Waals surface area contributed by atoms with E-state index in [1.165, 1.54) is 17.5 Å². The number of methoxy groups -OCH3 is 2. The molecule has 0 radical (unpaired) electrons. The average molecular weight is 593 g/mol. The van der Waals surface area contributed by atoms with Crippen LogP contribution >= 0.6 is 11.3 Å². The predicted molar refractivity (Wildman–Crippen MR) is 160 cm³/mol. The van der Waals surface area contributed by atoms with Crippen LogP contribution in [0.5, 0.6) is 16.7 Å². The summed E-state index contributed by atoms with van der Waals surface area (Å²) in [6.07, 6.45) is 3.47. The number of carbonyl (C=O) groups is 1. The van der Waals surface area contributed by atoms with Crippen LogP contribution in [0.3, 0.4) is 0 Å². The Labute approximate surface area is 249 Å². The molecule has 0 saturated heterocycles. The van der Waals surface area contributed by atoms with Crippen molar-refractivity contribution in [1.82, 2.24) is 19.8 Å². The van der Waals surface area contributed by atoms with E-state index in [9.17, 15) is 4.79 Å². The zero-order valence-electron chi connectivity index (χ0n) is 23.1. The lowest BCUT2D eigenvalue weighted by Gasteiger charge is -2.10. The SMILES string of the molecule is COc1cc(OCc2cccc(CC(=O)c3cnoc3-c3ccccc3)c2)c2cc(-c3cn4nc(OC)sc4n3)oc2c1. The van der Waals surface area contributed by atoms with Gasteiger partial charge in [0.15, 0.2) is 17.3 Å².